The summed E-state index contributed by atoms with van der Waals surface area (Å²) in [6.45, 7) is 1.89. The van der Waals surface area contributed by atoms with Crippen LogP contribution in [0, 0.1) is 5.82 Å². The van der Waals surface area contributed by atoms with Crippen LogP contribution in [0.1, 0.15) is 30.8 Å². The molecule has 0 saturated heterocycles. The first-order chi connectivity index (χ1) is 17.2. The molecule has 0 bridgehead atoms. The van der Waals surface area contributed by atoms with Crippen molar-refractivity contribution in [1.29, 1.82) is 0 Å². The van der Waals surface area contributed by atoms with Crippen molar-refractivity contribution in [3.05, 3.63) is 94.5 Å². The minimum atomic E-state index is -4.42. The molecule has 5 aromatic rings. The van der Waals surface area contributed by atoms with Crippen LogP contribution in [-0.2, 0) is 6.42 Å². The smallest absolute Gasteiger partial charge is 0.375 e. The molecule has 1 atom stereocenters. The Kier molecular flexibility index (Phi) is 5.95. The van der Waals surface area contributed by atoms with Crippen molar-refractivity contribution in [2.24, 2.45) is 0 Å². The number of fused-ring (bicyclic) bond motifs is 2. The van der Waals surface area contributed by atoms with Crippen molar-refractivity contribution in [2.45, 2.75) is 32.0 Å². The molecule has 0 aliphatic heterocycles. The lowest BCUT2D eigenvalue weighted by atomic mass is 10.1. The van der Waals surface area contributed by atoms with Crippen molar-refractivity contribution in [1.82, 2.24) is 19.5 Å². The van der Waals surface area contributed by atoms with Gasteiger partial charge in [0.15, 0.2) is 0 Å². The van der Waals surface area contributed by atoms with E-state index in [1.807, 2.05) is 13.0 Å². The molecule has 184 valence electrons. The zero-order valence-corrected chi connectivity index (χ0v) is 19.1. The number of halogens is 4. The van der Waals surface area contributed by atoms with E-state index in [2.05, 4.69) is 20.3 Å². The summed E-state index contributed by atoms with van der Waals surface area (Å²) in [6.07, 6.45) is -1.72. The van der Waals surface area contributed by atoms with Crippen molar-refractivity contribution in [3.63, 3.8) is 0 Å². The number of rotatable bonds is 6. The summed E-state index contributed by atoms with van der Waals surface area (Å²) in [6, 6.07) is 12.9. The van der Waals surface area contributed by atoms with Gasteiger partial charge in [-0.25, -0.2) is 14.4 Å². The summed E-state index contributed by atoms with van der Waals surface area (Å²) in [4.78, 5) is 25.6. The second-order valence-electron chi connectivity index (χ2n) is 8.41. The molecule has 2 N–H and O–H groups in total. The Balaban J connectivity index is 1.71. The molecule has 0 aliphatic rings. The molecule has 0 radical (unpaired) electrons. The van der Waals surface area contributed by atoms with E-state index < -0.39 is 30.0 Å². The van der Waals surface area contributed by atoms with Gasteiger partial charge in [-0.15, -0.1) is 0 Å². The van der Waals surface area contributed by atoms with Crippen LogP contribution in [0.2, 0.25) is 0 Å². The van der Waals surface area contributed by atoms with Crippen LogP contribution >= 0.6 is 0 Å². The van der Waals surface area contributed by atoms with Crippen LogP contribution in [0.25, 0.3) is 27.6 Å². The zero-order chi connectivity index (χ0) is 25.4. The van der Waals surface area contributed by atoms with E-state index in [9.17, 15) is 22.4 Å². The standard InChI is InChI=1S/C26H21F4N5O/c1-2-19(33-20-10-12-32-23-17(20)9-11-31-23)24-34-21-8-4-7-18(27)22(21)25(36)35(24)16-6-3-5-15(13-16)14-26(28,29)30/h3-13,19H,2,14H2,1H3,(H2,31,32,33). The lowest BCUT2D eigenvalue weighted by Crippen LogP contribution is -2.29. The van der Waals surface area contributed by atoms with Crippen LogP contribution < -0.4 is 10.9 Å². The number of pyridine rings is 1. The molecule has 5 rings (SSSR count). The number of nitrogens with zero attached hydrogens (tertiary/aromatic N) is 3. The number of H-pyrrole nitrogens is 1. The number of aromatic amines is 1. The molecule has 0 aliphatic carbocycles. The number of anilines is 1. The summed E-state index contributed by atoms with van der Waals surface area (Å²) < 4.78 is 55.1. The molecule has 10 heteroatoms. The maximum absolute atomic E-state index is 14.7. The van der Waals surface area contributed by atoms with Gasteiger partial charge in [-0.2, -0.15) is 13.2 Å². The van der Waals surface area contributed by atoms with E-state index in [0.717, 1.165) is 17.1 Å². The van der Waals surface area contributed by atoms with Gasteiger partial charge >= 0.3 is 6.18 Å². The molecule has 3 aromatic heterocycles. The highest BCUT2D eigenvalue weighted by Crippen LogP contribution is 2.29. The van der Waals surface area contributed by atoms with Crippen molar-refractivity contribution in [2.75, 3.05) is 5.32 Å². The van der Waals surface area contributed by atoms with Crippen molar-refractivity contribution >= 4 is 27.6 Å². The summed E-state index contributed by atoms with van der Waals surface area (Å²) in [5.74, 6) is -0.494. The fraction of sp³-hybridized carbons (Fsp3) is 0.192. The quantitative estimate of drug-likeness (QED) is 0.281. The number of nitrogens with one attached hydrogen (secondary N) is 2. The number of aromatic nitrogens is 4. The van der Waals surface area contributed by atoms with Gasteiger partial charge in [0.1, 0.15) is 22.7 Å². The monoisotopic (exact) mass is 495 g/mol. The van der Waals surface area contributed by atoms with Crippen molar-refractivity contribution < 1.29 is 17.6 Å². The Morgan fingerprint density at radius 1 is 1.11 bits per heavy atom. The summed E-state index contributed by atoms with van der Waals surface area (Å²) in [5.41, 5.74) is 1.03. The van der Waals surface area contributed by atoms with Crippen LogP contribution in [-0.4, -0.2) is 25.7 Å². The van der Waals surface area contributed by atoms with E-state index in [0.29, 0.717) is 12.1 Å². The molecule has 0 saturated carbocycles. The van der Waals surface area contributed by atoms with Gasteiger partial charge in [-0.05, 0) is 48.4 Å². The Bertz CT molecular complexity index is 1620. The average molecular weight is 495 g/mol. The maximum atomic E-state index is 14.7. The van der Waals surface area contributed by atoms with E-state index in [1.165, 1.54) is 41.0 Å². The van der Waals surface area contributed by atoms with Gasteiger partial charge in [0.05, 0.1) is 23.7 Å². The molecular weight excluding hydrogens is 474 g/mol. The predicted molar refractivity (Wildman–Crippen MR) is 130 cm³/mol. The lowest BCUT2D eigenvalue weighted by Gasteiger charge is -2.23. The first-order valence-electron chi connectivity index (χ1n) is 11.3. The van der Waals surface area contributed by atoms with E-state index in [1.54, 1.807) is 18.5 Å². The fourth-order valence-corrected chi connectivity index (χ4v) is 4.35. The average Bonchev–Trinajstić information content (AvgIpc) is 3.31. The highest BCUT2D eigenvalue weighted by Gasteiger charge is 2.28. The van der Waals surface area contributed by atoms with Crippen LogP contribution in [0.15, 0.2) is 71.8 Å². The Labute approximate surface area is 202 Å². The fourth-order valence-electron chi connectivity index (χ4n) is 4.35. The van der Waals surface area contributed by atoms with Gasteiger partial charge in [-0.3, -0.25) is 9.36 Å². The van der Waals surface area contributed by atoms with Gasteiger partial charge in [0, 0.05) is 23.5 Å². The third-order valence-corrected chi connectivity index (χ3v) is 5.96. The summed E-state index contributed by atoms with van der Waals surface area (Å²) in [5, 5.41) is 3.98. The largest absolute Gasteiger partial charge is 0.393 e. The predicted octanol–water partition coefficient (Wildman–Crippen LogP) is 6.07. The SMILES string of the molecule is CCC(Nc1ccnc2[nH]ccc12)c1nc2cccc(F)c2c(=O)n1-c1cccc(CC(F)(F)F)c1. The highest BCUT2D eigenvalue weighted by atomic mass is 19.4. The van der Waals surface area contributed by atoms with Crippen LogP contribution in [0.4, 0.5) is 23.2 Å². The van der Waals surface area contributed by atoms with E-state index in [4.69, 9.17) is 0 Å². The Hall–Kier alpha value is -4.21. The Morgan fingerprint density at radius 3 is 2.69 bits per heavy atom. The molecule has 0 amide bonds. The molecule has 3 heterocycles. The molecule has 36 heavy (non-hydrogen) atoms. The molecular formula is C26H21F4N5O. The lowest BCUT2D eigenvalue weighted by molar-refractivity contribution is -0.127. The summed E-state index contributed by atoms with van der Waals surface area (Å²) >= 11 is 0. The topological polar surface area (TPSA) is 75.6 Å². The first-order valence-corrected chi connectivity index (χ1v) is 11.3. The number of alkyl halides is 3. The minimum absolute atomic E-state index is 0.0179. The second-order valence-corrected chi connectivity index (χ2v) is 8.41. The normalized spacial score (nSPS) is 12.8. The molecule has 6 nitrogen and oxygen atoms in total. The molecule has 2 aromatic carbocycles. The van der Waals surface area contributed by atoms with Crippen molar-refractivity contribution in [3.8, 4) is 5.69 Å². The highest BCUT2D eigenvalue weighted by molar-refractivity contribution is 5.89. The first kappa shape index (κ1) is 23.5. The number of hydrogen-bond acceptors (Lipinski definition) is 4. The van der Waals surface area contributed by atoms with Crippen LogP contribution in [0.5, 0.6) is 0 Å². The van der Waals surface area contributed by atoms with Gasteiger partial charge in [0.25, 0.3) is 5.56 Å². The van der Waals surface area contributed by atoms with E-state index in [-0.39, 0.29) is 28.0 Å². The third kappa shape index (κ3) is 4.41. The molecule has 0 spiro atoms. The third-order valence-electron chi connectivity index (χ3n) is 5.96. The van der Waals surface area contributed by atoms with E-state index >= 15 is 0 Å². The van der Waals surface area contributed by atoms with Gasteiger partial charge in [-0.1, -0.05) is 25.1 Å². The molecule has 0 fully saturated rings. The number of benzene rings is 2. The number of hydrogen-bond donors (Lipinski definition) is 2. The summed E-state index contributed by atoms with van der Waals surface area (Å²) in [7, 11) is 0. The minimum Gasteiger partial charge on any atom is -0.375 e. The zero-order valence-electron chi connectivity index (χ0n) is 19.1. The maximum Gasteiger partial charge on any atom is 0.393 e. The second kappa shape index (κ2) is 9.10. The Morgan fingerprint density at radius 2 is 1.92 bits per heavy atom. The van der Waals surface area contributed by atoms with Crippen LogP contribution in [0.3, 0.4) is 0 Å². The molecule has 1 unspecified atom stereocenters. The van der Waals surface area contributed by atoms with Gasteiger partial charge in [0.2, 0.25) is 0 Å². The van der Waals surface area contributed by atoms with Gasteiger partial charge < -0.3 is 10.3 Å².